The molecular weight excluding hydrogens is 382 g/mol. The topological polar surface area (TPSA) is 83.4 Å². The summed E-state index contributed by atoms with van der Waals surface area (Å²) in [6, 6.07) is 19.8. The molecule has 1 unspecified atom stereocenters. The van der Waals surface area contributed by atoms with Crippen molar-refractivity contribution < 1.29 is 19.4 Å². The summed E-state index contributed by atoms with van der Waals surface area (Å²) in [5, 5.41) is 19.6. The number of amides is 1. The van der Waals surface area contributed by atoms with E-state index in [9.17, 15) is 9.90 Å². The third-order valence-corrected chi connectivity index (χ3v) is 5.17. The minimum absolute atomic E-state index is 0.108. The Morgan fingerprint density at radius 2 is 1.83 bits per heavy atom. The third kappa shape index (κ3) is 3.00. The van der Waals surface area contributed by atoms with Gasteiger partial charge in [-0.1, -0.05) is 30.3 Å². The second-order valence-electron chi connectivity index (χ2n) is 7.06. The number of aromatic hydroxyl groups is 1. The second kappa shape index (κ2) is 7.11. The lowest BCUT2D eigenvalue weighted by molar-refractivity contribution is 0.0689. The lowest BCUT2D eigenvalue weighted by atomic mass is 10.0. The molecule has 150 valence electrons. The summed E-state index contributed by atoms with van der Waals surface area (Å²) in [6.45, 7) is 1.94. The van der Waals surface area contributed by atoms with Gasteiger partial charge in [-0.3, -0.25) is 4.79 Å². The van der Waals surface area contributed by atoms with Gasteiger partial charge in [-0.15, -0.1) is 0 Å². The molecule has 7 nitrogen and oxygen atoms in total. The van der Waals surface area contributed by atoms with Gasteiger partial charge in [-0.05, 0) is 43.3 Å². The largest absolute Gasteiger partial charge is 0.507 e. The van der Waals surface area contributed by atoms with Crippen molar-refractivity contribution in [3.8, 4) is 17.2 Å². The van der Waals surface area contributed by atoms with Crippen molar-refractivity contribution in [2.24, 2.45) is 5.10 Å². The molecular formula is C23H19N3O4. The SMILES string of the molecule is C/C(=N\N1C(=O)c2ccccc2NC1c1ccc2c(c1)OCO2)c1ccccc1O. The summed E-state index contributed by atoms with van der Waals surface area (Å²) < 4.78 is 10.9. The van der Waals surface area contributed by atoms with Crippen LogP contribution in [0, 0.1) is 0 Å². The molecule has 3 aromatic carbocycles. The van der Waals surface area contributed by atoms with Crippen molar-refractivity contribution in [2.45, 2.75) is 13.1 Å². The second-order valence-corrected chi connectivity index (χ2v) is 7.06. The molecule has 0 aromatic heterocycles. The van der Waals surface area contributed by atoms with Crippen molar-refractivity contribution in [3.05, 3.63) is 83.4 Å². The number of hydrogen-bond acceptors (Lipinski definition) is 6. The number of nitrogens with one attached hydrogen (secondary N) is 1. The molecule has 0 spiro atoms. The van der Waals surface area contributed by atoms with E-state index in [-0.39, 0.29) is 18.4 Å². The predicted octanol–water partition coefficient (Wildman–Crippen LogP) is 4.11. The smallest absolute Gasteiger partial charge is 0.278 e. The molecule has 1 amide bonds. The Balaban J connectivity index is 1.61. The minimum Gasteiger partial charge on any atom is -0.507 e. The molecule has 0 aliphatic carbocycles. The fourth-order valence-electron chi connectivity index (χ4n) is 3.65. The summed E-state index contributed by atoms with van der Waals surface area (Å²) in [4.78, 5) is 13.3. The Morgan fingerprint density at radius 1 is 1.07 bits per heavy atom. The van der Waals surface area contributed by atoms with Crippen LogP contribution in [0.1, 0.15) is 34.6 Å². The zero-order valence-corrected chi connectivity index (χ0v) is 16.2. The number of benzene rings is 3. The first-order chi connectivity index (χ1) is 14.6. The van der Waals surface area contributed by atoms with E-state index in [1.54, 1.807) is 31.2 Å². The Bertz CT molecular complexity index is 1170. The maximum Gasteiger partial charge on any atom is 0.278 e. The van der Waals surface area contributed by atoms with E-state index in [1.807, 2.05) is 42.5 Å². The normalized spacial score (nSPS) is 17.5. The molecule has 7 heteroatoms. The van der Waals surface area contributed by atoms with Crippen molar-refractivity contribution >= 4 is 17.3 Å². The van der Waals surface area contributed by atoms with Crippen LogP contribution in [0.3, 0.4) is 0 Å². The molecule has 2 heterocycles. The van der Waals surface area contributed by atoms with Crippen molar-refractivity contribution in [1.29, 1.82) is 0 Å². The van der Waals surface area contributed by atoms with Crippen molar-refractivity contribution in [1.82, 2.24) is 5.01 Å². The highest BCUT2D eigenvalue weighted by Gasteiger charge is 2.34. The number of anilines is 1. The van der Waals surface area contributed by atoms with E-state index < -0.39 is 6.17 Å². The van der Waals surface area contributed by atoms with Gasteiger partial charge in [0, 0.05) is 16.8 Å². The molecule has 0 fully saturated rings. The first kappa shape index (κ1) is 18.1. The fraction of sp³-hybridized carbons (Fsp3) is 0.130. The van der Waals surface area contributed by atoms with Gasteiger partial charge in [0.25, 0.3) is 5.91 Å². The number of nitrogens with zero attached hydrogens (tertiary/aromatic N) is 2. The van der Waals surface area contributed by atoms with Gasteiger partial charge in [0.2, 0.25) is 6.79 Å². The Labute approximate surface area is 173 Å². The average Bonchev–Trinajstić information content (AvgIpc) is 3.23. The molecule has 1 atom stereocenters. The number of ether oxygens (including phenoxy) is 2. The van der Waals surface area contributed by atoms with Crippen molar-refractivity contribution in [3.63, 3.8) is 0 Å². The first-order valence-corrected chi connectivity index (χ1v) is 9.54. The van der Waals surface area contributed by atoms with Gasteiger partial charge in [-0.25, -0.2) is 5.01 Å². The van der Waals surface area contributed by atoms with Gasteiger partial charge >= 0.3 is 0 Å². The molecule has 0 bridgehead atoms. The maximum absolute atomic E-state index is 13.3. The van der Waals surface area contributed by atoms with E-state index in [2.05, 4.69) is 10.4 Å². The Morgan fingerprint density at radius 3 is 2.70 bits per heavy atom. The molecule has 30 heavy (non-hydrogen) atoms. The zero-order valence-electron chi connectivity index (χ0n) is 16.2. The molecule has 2 aliphatic heterocycles. The van der Waals surface area contributed by atoms with Crippen LogP contribution in [0.2, 0.25) is 0 Å². The van der Waals surface area contributed by atoms with Crippen LogP contribution in [-0.2, 0) is 0 Å². The van der Waals surface area contributed by atoms with Crippen molar-refractivity contribution in [2.75, 3.05) is 12.1 Å². The lowest BCUT2D eigenvalue weighted by Gasteiger charge is -2.35. The van der Waals surface area contributed by atoms with E-state index >= 15 is 0 Å². The third-order valence-electron chi connectivity index (χ3n) is 5.17. The highest BCUT2D eigenvalue weighted by Crippen LogP contribution is 2.39. The first-order valence-electron chi connectivity index (χ1n) is 9.54. The average molecular weight is 401 g/mol. The van der Waals surface area contributed by atoms with Crippen LogP contribution in [0.4, 0.5) is 5.69 Å². The molecule has 3 aromatic rings. The maximum atomic E-state index is 13.3. The van der Waals surface area contributed by atoms with Gasteiger partial charge in [0.1, 0.15) is 5.75 Å². The van der Waals surface area contributed by atoms with E-state index in [1.165, 1.54) is 5.01 Å². The molecule has 0 saturated carbocycles. The number of carbonyl (C=O) groups is 1. The summed E-state index contributed by atoms with van der Waals surface area (Å²) in [7, 11) is 0. The van der Waals surface area contributed by atoms with E-state index in [0.717, 1.165) is 11.3 Å². The summed E-state index contributed by atoms with van der Waals surface area (Å²) >= 11 is 0. The van der Waals surface area contributed by atoms with Crippen LogP contribution < -0.4 is 14.8 Å². The number of hydrazone groups is 1. The van der Waals surface area contributed by atoms with Gasteiger partial charge in [0.15, 0.2) is 17.7 Å². The summed E-state index contributed by atoms with van der Waals surface area (Å²) in [5.41, 5.74) is 3.15. The molecule has 0 saturated heterocycles. The highest BCUT2D eigenvalue weighted by molar-refractivity contribution is 6.05. The Kier molecular flexibility index (Phi) is 4.28. The molecule has 2 N–H and O–H groups in total. The van der Waals surface area contributed by atoms with Gasteiger partial charge < -0.3 is 19.9 Å². The predicted molar refractivity (Wildman–Crippen MR) is 112 cm³/mol. The summed E-state index contributed by atoms with van der Waals surface area (Å²) in [5.74, 6) is 1.17. The zero-order chi connectivity index (χ0) is 20.7. The number of hydrogen-bond donors (Lipinski definition) is 2. The fourth-order valence-corrected chi connectivity index (χ4v) is 3.65. The van der Waals surface area contributed by atoms with Crippen LogP contribution in [0.15, 0.2) is 71.8 Å². The minimum atomic E-state index is -0.553. The standard InChI is InChI=1S/C23H19N3O4/c1-14(16-6-3-5-9-19(16)27)25-26-22(15-10-11-20-21(12-15)30-13-29-20)24-18-8-4-2-7-17(18)23(26)28/h2-12,22,24,27H,13H2,1H3/b25-14+. The van der Waals surface area contributed by atoms with Gasteiger partial charge in [-0.2, -0.15) is 5.10 Å². The van der Waals surface area contributed by atoms with E-state index in [4.69, 9.17) is 9.47 Å². The summed E-state index contributed by atoms with van der Waals surface area (Å²) in [6.07, 6.45) is -0.553. The quantitative estimate of drug-likeness (QED) is 0.646. The number of para-hydroxylation sites is 2. The highest BCUT2D eigenvalue weighted by atomic mass is 16.7. The van der Waals surface area contributed by atoms with Crippen LogP contribution in [-0.4, -0.2) is 28.5 Å². The number of carbonyl (C=O) groups excluding carboxylic acids is 1. The molecule has 0 radical (unpaired) electrons. The van der Waals surface area contributed by atoms with Gasteiger partial charge in [0.05, 0.1) is 11.3 Å². The van der Waals surface area contributed by atoms with Crippen LogP contribution in [0.25, 0.3) is 0 Å². The van der Waals surface area contributed by atoms with Crippen LogP contribution in [0.5, 0.6) is 17.2 Å². The number of phenolic OH excluding ortho intramolecular Hbond substituents is 1. The number of phenols is 1. The number of rotatable bonds is 3. The molecule has 2 aliphatic rings. The van der Waals surface area contributed by atoms with E-state index in [0.29, 0.717) is 28.3 Å². The van der Waals surface area contributed by atoms with Crippen LogP contribution >= 0.6 is 0 Å². The monoisotopic (exact) mass is 401 g/mol. The molecule has 5 rings (SSSR count). The number of fused-ring (bicyclic) bond motifs is 2. The lowest BCUT2D eigenvalue weighted by Crippen LogP contribution is -2.40. The Hall–Kier alpha value is -4.00.